The third-order valence-corrected chi connectivity index (χ3v) is 5.98. The highest BCUT2D eigenvalue weighted by Crippen LogP contribution is 2.34. The molecule has 1 N–H and O–H groups in total. The number of nitrogens with zero attached hydrogens (tertiary/aromatic N) is 2. The molecule has 0 fully saturated rings. The molecule has 0 radical (unpaired) electrons. The summed E-state index contributed by atoms with van der Waals surface area (Å²) in [5.41, 5.74) is 1.63. The molecule has 8 heteroatoms. The topological polar surface area (TPSA) is 80.8 Å². The van der Waals surface area contributed by atoms with Crippen molar-refractivity contribution in [2.24, 2.45) is 0 Å². The first-order chi connectivity index (χ1) is 15.8. The van der Waals surface area contributed by atoms with E-state index in [2.05, 4.69) is 10.3 Å². The van der Waals surface area contributed by atoms with Gasteiger partial charge in [-0.05, 0) is 49.8 Å². The van der Waals surface area contributed by atoms with Crippen LogP contribution in [0.2, 0.25) is 0 Å². The summed E-state index contributed by atoms with van der Waals surface area (Å²) in [6.45, 7) is 6.39. The van der Waals surface area contributed by atoms with Crippen molar-refractivity contribution in [3.8, 4) is 11.5 Å². The molecular formula is C25H25N3O4S. The van der Waals surface area contributed by atoms with Crippen LogP contribution >= 0.6 is 11.3 Å². The van der Waals surface area contributed by atoms with E-state index in [9.17, 15) is 9.59 Å². The van der Waals surface area contributed by atoms with Gasteiger partial charge in [-0.25, -0.2) is 4.98 Å². The first-order valence-corrected chi connectivity index (χ1v) is 11.4. The lowest BCUT2D eigenvalue weighted by Crippen LogP contribution is -2.40. The predicted octanol–water partition coefficient (Wildman–Crippen LogP) is 4.66. The Morgan fingerprint density at radius 3 is 2.55 bits per heavy atom. The molecule has 2 aromatic carbocycles. The Labute approximate surface area is 196 Å². The number of anilines is 2. The third kappa shape index (κ3) is 5.23. The molecule has 0 aliphatic carbocycles. The lowest BCUT2D eigenvalue weighted by Gasteiger charge is -2.28. The van der Waals surface area contributed by atoms with Crippen molar-refractivity contribution in [3.05, 3.63) is 71.2 Å². The van der Waals surface area contributed by atoms with Crippen LogP contribution in [-0.2, 0) is 15.1 Å². The van der Waals surface area contributed by atoms with Crippen LogP contribution in [0.3, 0.4) is 0 Å². The number of fused-ring (bicyclic) bond motifs is 1. The van der Waals surface area contributed by atoms with E-state index in [0.717, 1.165) is 11.3 Å². The smallest absolute Gasteiger partial charge is 0.244 e. The Morgan fingerprint density at radius 2 is 1.82 bits per heavy atom. The van der Waals surface area contributed by atoms with E-state index in [1.54, 1.807) is 11.0 Å². The molecular weight excluding hydrogens is 438 g/mol. The van der Waals surface area contributed by atoms with Crippen LogP contribution in [0, 0.1) is 0 Å². The van der Waals surface area contributed by atoms with Crippen molar-refractivity contribution in [1.82, 2.24) is 10.3 Å². The van der Waals surface area contributed by atoms with Gasteiger partial charge in [0.1, 0.15) is 13.2 Å². The number of hydrogen-bond donors (Lipinski definition) is 1. The zero-order valence-electron chi connectivity index (χ0n) is 18.7. The van der Waals surface area contributed by atoms with Gasteiger partial charge in [-0.3, -0.25) is 14.5 Å². The number of nitrogens with one attached hydrogen (secondary N) is 1. The number of carbonyl (C=O) groups is 2. The monoisotopic (exact) mass is 463 g/mol. The van der Waals surface area contributed by atoms with Crippen LogP contribution in [0.25, 0.3) is 6.08 Å². The average molecular weight is 464 g/mol. The maximum Gasteiger partial charge on any atom is 0.244 e. The van der Waals surface area contributed by atoms with Gasteiger partial charge in [-0.15, -0.1) is 11.3 Å². The second kappa shape index (κ2) is 9.46. The van der Waals surface area contributed by atoms with Gasteiger partial charge >= 0.3 is 0 Å². The average Bonchev–Trinajstić information content (AvgIpc) is 3.26. The van der Waals surface area contributed by atoms with Crippen LogP contribution in [0.4, 0.5) is 10.8 Å². The normalized spacial score (nSPS) is 13.1. The number of amides is 2. The standard InChI is InChI=1S/C25H25N3O4S/c1-17(29)28(20-7-5-4-6-8-20)24-26-19(16-33-24)10-12-23(30)27-25(2,3)18-9-11-21-22(15-18)32-14-13-31-21/h4-12,15-16H,13-14H2,1-3H3,(H,27,30)/b12-10+. The number of aromatic nitrogens is 1. The molecule has 0 bridgehead atoms. The lowest BCUT2D eigenvalue weighted by molar-refractivity contribution is -0.118. The molecule has 7 nitrogen and oxygen atoms in total. The number of carbonyl (C=O) groups excluding carboxylic acids is 2. The zero-order chi connectivity index (χ0) is 23.4. The summed E-state index contributed by atoms with van der Waals surface area (Å²) >= 11 is 1.34. The molecule has 170 valence electrons. The second-order valence-electron chi connectivity index (χ2n) is 8.05. The van der Waals surface area contributed by atoms with E-state index < -0.39 is 5.54 Å². The quantitative estimate of drug-likeness (QED) is 0.538. The Kier molecular flexibility index (Phi) is 6.46. The van der Waals surface area contributed by atoms with Gasteiger partial charge in [0.25, 0.3) is 0 Å². The minimum Gasteiger partial charge on any atom is -0.486 e. The van der Waals surface area contributed by atoms with Crippen molar-refractivity contribution in [2.75, 3.05) is 18.1 Å². The van der Waals surface area contributed by atoms with Gasteiger partial charge in [0, 0.05) is 18.4 Å². The van der Waals surface area contributed by atoms with Crippen LogP contribution in [-0.4, -0.2) is 30.0 Å². The summed E-state index contributed by atoms with van der Waals surface area (Å²) in [4.78, 5) is 30.9. The van der Waals surface area contributed by atoms with Crippen molar-refractivity contribution in [2.45, 2.75) is 26.3 Å². The zero-order valence-corrected chi connectivity index (χ0v) is 19.5. The third-order valence-electron chi connectivity index (χ3n) is 5.14. The van der Waals surface area contributed by atoms with E-state index in [-0.39, 0.29) is 11.8 Å². The SMILES string of the molecule is CC(=O)N(c1ccccc1)c1nc(/C=C/C(=O)NC(C)(C)c2ccc3c(c2)OCCO3)cs1. The Hall–Kier alpha value is -3.65. The molecule has 0 saturated carbocycles. The van der Waals surface area contributed by atoms with E-state index >= 15 is 0 Å². The van der Waals surface area contributed by atoms with E-state index in [1.807, 2.05) is 67.8 Å². The van der Waals surface area contributed by atoms with Crippen LogP contribution in [0.15, 0.2) is 60.0 Å². The molecule has 1 aliphatic heterocycles. The van der Waals surface area contributed by atoms with Gasteiger partial charge in [0.2, 0.25) is 11.8 Å². The van der Waals surface area contributed by atoms with Crippen molar-refractivity contribution in [3.63, 3.8) is 0 Å². The van der Waals surface area contributed by atoms with Crippen molar-refractivity contribution < 1.29 is 19.1 Å². The molecule has 3 aromatic rings. The molecule has 4 rings (SSSR count). The highest BCUT2D eigenvalue weighted by molar-refractivity contribution is 7.14. The first-order valence-electron chi connectivity index (χ1n) is 10.5. The molecule has 2 heterocycles. The summed E-state index contributed by atoms with van der Waals surface area (Å²) < 4.78 is 11.2. The van der Waals surface area contributed by atoms with E-state index in [1.165, 1.54) is 24.3 Å². The van der Waals surface area contributed by atoms with Crippen LogP contribution < -0.4 is 19.7 Å². The molecule has 0 atom stereocenters. The van der Waals surface area contributed by atoms with Gasteiger partial charge in [0.05, 0.1) is 16.9 Å². The van der Waals surface area contributed by atoms with Crippen LogP contribution in [0.5, 0.6) is 11.5 Å². The lowest BCUT2D eigenvalue weighted by atomic mass is 9.93. The maximum atomic E-state index is 12.6. The van der Waals surface area contributed by atoms with Gasteiger partial charge in [-0.1, -0.05) is 24.3 Å². The molecule has 2 amide bonds. The largest absolute Gasteiger partial charge is 0.486 e. The minimum absolute atomic E-state index is 0.134. The Bertz CT molecular complexity index is 1190. The second-order valence-corrected chi connectivity index (χ2v) is 8.89. The minimum atomic E-state index is -0.622. The highest BCUT2D eigenvalue weighted by Gasteiger charge is 2.24. The van der Waals surface area contributed by atoms with E-state index in [4.69, 9.17) is 9.47 Å². The fourth-order valence-electron chi connectivity index (χ4n) is 3.47. The van der Waals surface area contributed by atoms with Gasteiger partial charge in [0.15, 0.2) is 16.6 Å². The van der Waals surface area contributed by atoms with Crippen molar-refractivity contribution in [1.29, 1.82) is 0 Å². The maximum absolute atomic E-state index is 12.6. The molecule has 1 aromatic heterocycles. The molecule has 0 unspecified atom stereocenters. The number of benzene rings is 2. The summed E-state index contributed by atoms with van der Waals surface area (Å²) in [6, 6.07) is 15.0. The fourth-order valence-corrected chi connectivity index (χ4v) is 4.33. The molecule has 1 aliphatic rings. The Morgan fingerprint density at radius 1 is 1.09 bits per heavy atom. The Balaban J connectivity index is 1.45. The van der Waals surface area contributed by atoms with Crippen LogP contribution in [0.1, 0.15) is 32.0 Å². The summed E-state index contributed by atoms with van der Waals surface area (Å²) in [5, 5.41) is 5.37. The predicted molar refractivity (Wildman–Crippen MR) is 129 cm³/mol. The molecule has 0 saturated heterocycles. The summed E-state index contributed by atoms with van der Waals surface area (Å²) in [6.07, 6.45) is 3.08. The van der Waals surface area contributed by atoms with E-state index in [0.29, 0.717) is 35.5 Å². The number of ether oxygens (including phenoxy) is 2. The highest BCUT2D eigenvalue weighted by atomic mass is 32.1. The number of hydrogen-bond acceptors (Lipinski definition) is 6. The molecule has 0 spiro atoms. The first kappa shape index (κ1) is 22.5. The number of rotatable bonds is 6. The fraction of sp³-hybridized carbons (Fsp3) is 0.240. The number of thiazole rings is 1. The molecule has 33 heavy (non-hydrogen) atoms. The summed E-state index contributed by atoms with van der Waals surface area (Å²) in [5.74, 6) is 1.00. The van der Waals surface area contributed by atoms with Crippen molar-refractivity contribution >= 4 is 40.0 Å². The van der Waals surface area contributed by atoms with Gasteiger partial charge < -0.3 is 14.8 Å². The number of para-hydroxylation sites is 1. The summed E-state index contributed by atoms with van der Waals surface area (Å²) in [7, 11) is 0. The van der Waals surface area contributed by atoms with Gasteiger partial charge in [-0.2, -0.15) is 0 Å².